The normalized spacial score (nSPS) is 17.3. The van der Waals surface area contributed by atoms with E-state index in [1.165, 1.54) is 0 Å². The molecule has 1 saturated heterocycles. The average molecular weight is 306 g/mol. The molecule has 1 fully saturated rings. The first-order chi connectivity index (χ1) is 11.3. The summed E-state index contributed by atoms with van der Waals surface area (Å²) in [5.74, 6) is 3.18. The Morgan fingerprint density at radius 2 is 2.13 bits per heavy atom. The lowest BCUT2D eigenvalue weighted by Gasteiger charge is -2.31. The van der Waals surface area contributed by atoms with Gasteiger partial charge in [0.1, 0.15) is 0 Å². The van der Waals surface area contributed by atoms with Crippen molar-refractivity contribution in [1.82, 2.24) is 9.97 Å². The van der Waals surface area contributed by atoms with E-state index < -0.39 is 0 Å². The highest BCUT2D eigenvalue weighted by atomic mass is 16.1. The number of carbonyl (C=O) groups is 1. The van der Waals surface area contributed by atoms with Crippen LogP contribution in [0.3, 0.4) is 0 Å². The molecular formula is C18H18N4O. The fourth-order valence-corrected chi connectivity index (χ4v) is 2.76. The second-order valence-electron chi connectivity index (χ2n) is 5.55. The fraction of sp³-hybridized carbons (Fsp3) is 0.278. The molecule has 0 aliphatic carbocycles. The predicted molar refractivity (Wildman–Crippen MR) is 90.0 cm³/mol. The van der Waals surface area contributed by atoms with Crippen LogP contribution in [0.2, 0.25) is 0 Å². The second kappa shape index (κ2) is 6.93. The van der Waals surface area contributed by atoms with Crippen LogP contribution in [-0.2, 0) is 4.79 Å². The molecule has 23 heavy (non-hydrogen) atoms. The third kappa shape index (κ3) is 3.67. The highest BCUT2D eigenvalue weighted by Gasteiger charge is 2.27. The number of terminal acetylenes is 1. The molecule has 0 spiro atoms. The first-order valence-corrected chi connectivity index (χ1v) is 7.66. The Labute approximate surface area is 135 Å². The minimum absolute atomic E-state index is 0.0137. The molecule has 1 atom stereocenters. The van der Waals surface area contributed by atoms with Gasteiger partial charge in [-0.25, -0.2) is 9.97 Å². The quantitative estimate of drug-likeness (QED) is 0.884. The van der Waals surface area contributed by atoms with Crippen molar-refractivity contribution in [2.75, 3.05) is 23.3 Å². The van der Waals surface area contributed by atoms with Crippen LogP contribution in [0.5, 0.6) is 0 Å². The molecule has 0 saturated carbocycles. The molecule has 2 heterocycles. The highest BCUT2D eigenvalue weighted by molar-refractivity contribution is 5.93. The lowest BCUT2D eigenvalue weighted by molar-refractivity contribution is -0.120. The van der Waals surface area contributed by atoms with Crippen LogP contribution in [0.15, 0.2) is 42.7 Å². The van der Waals surface area contributed by atoms with Crippen LogP contribution in [-0.4, -0.2) is 29.0 Å². The molecule has 1 aromatic heterocycles. The maximum absolute atomic E-state index is 12.5. The third-order valence-electron chi connectivity index (χ3n) is 3.92. The number of hydrogen-bond donors (Lipinski definition) is 1. The van der Waals surface area contributed by atoms with Crippen molar-refractivity contribution >= 4 is 17.5 Å². The first-order valence-electron chi connectivity index (χ1n) is 7.66. The van der Waals surface area contributed by atoms with Gasteiger partial charge in [0.25, 0.3) is 0 Å². The van der Waals surface area contributed by atoms with E-state index in [-0.39, 0.29) is 11.8 Å². The third-order valence-corrected chi connectivity index (χ3v) is 3.92. The average Bonchev–Trinajstić information content (AvgIpc) is 2.63. The molecular weight excluding hydrogens is 288 g/mol. The van der Waals surface area contributed by atoms with Gasteiger partial charge in [-0.15, -0.1) is 6.42 Å². The van der Waals surface area contributed by atoms with Gasteiger partial charge in [-0.2, -0.15) is 0 Å². The molecule has 3 rings (SSSR count). The van der Waals surface area contributed by atoms with Crippen LogP contribution < -0.4 is 10.2 Å². The number of aromatic nitrogens is 2. The molecule has 5 nitrogen and oxygen atoms in total. The van der Waals surface area contributed by atoms with Crippen molar-refractivity contribution in [3.63, 3.8) is 0 Å². The van der Waals surface area contributed by atoms with Crippen LogP contribution in [0.25, 0.3) is 0 Å². The molecule has 0 radical (unpaired) electrons. The summed E-state index contributed by atoms with van der Waals surface area (Å²) in [5, 5.41) is 2.96. The Balaban J connectivity index is 1.66. The van der Waals surface area contributed by atoms with E-state index in [4.69, 9.17) is 6.42 Å². The van der Waals surface area contributed by atoms with E-state index in [1.54, 1.807) is 24.5 Å². The standard InChI is InChI=1S/C18H18N4O/c1-2-14-6-3-8-16(12-14)21-17(23)15-7-4-11-22(13-15)18-19-9-5-10-20-18/h1,3,5-6,8-10,12,15H,4,7,11,13H2,(H,21,23). The summed E-state index contributed by atoms with van der Waals surface area (Å²) in [6, 6.07) is 9.12. The van der Waals surface area contributed by atoms with Gasteiger partial charge in [0.05, 0.1) is 5.92 Å². The number of amides is 1. The van der Waals surface area contributed by atoms with Gasteiger partial charge in [0.15, 0.2) is 0 Å². The number of piperidine rings is 1. The van der Waals surface area contributed by atoms with E-state index in [9.17, 15) is 4.79 Å². The van der Waals surface area contributed by atoms with E-state index in [1.807, 2.05) is 18.2 Å². The van der Waals surface area contributed by atoms with Crippen molar-refractivity contribution in [3.8, 4) is 12.3 Å². The lowest BCUT2D eigenvalue weighted by Crippen LogP contribution is -2.41. The molecule has 5 heteroatoms. The topological polar surface area (TPSA) is 58.1 Å². The van der Waals surface area contributed by atoms with E-state index in [0.29, 0.717) is 12.5 Å². The molecule has 0 bridgehead atoms. The molecule has 1 amide bonds. The summed E-state index contributed by atoms with van der Waals surface area (Å²) >= 11 is 0. The zero-order valence-corrected chi connectivity index (χ0v) is 12.8. The van der Waals surface area contributed by atoms with Crippen LogP contribution in [0.1, 0.15) is 18.4 Å². The van der Waals surface area contributed by atoms with Crippen molar-refractivity contribution in [3.05, 3.63) is 48.3 Å². The molecule has 2 aromatic rings. The summed E-state index contributed by atoms with van der Waals surface area (Å²) in [6.07, 6.45) is 10.6. The van der Waals surface area contributed by atoms with Gasteiger partial charge in [-0.05, 0) is 37.1 Å². The molecule has 1 aromatic carbocycles. The minimum atomic E-state index is -0.0814. The Bertz CT molecular complexity index is 723. The number of nitrogens with one attached hydrogen (secondary N) is 1. The van der Waals surface area contributed by atoms with Crippen molar-refractivity contribution < 1.29 is 4.79 Å². The van der Waals surface area contributed by atoms with Gasteiger partial charge >= 0.3 is 0 Å². The number of benzene rings is 1. The Morgan fingerprint density at radius 1 is 1.30 bits per heavy atom. The van der Waals surface area contributed by atoms with E-state index in [0.717, 1.165) is 30.6 Å². The number of anilines is 2. The zero-order chi connectivity index (χ0) is 16.1. The predicted octanol–water partition coefficient (Wildman–Crippen LogP) is 2.31. The molecule has 1 N–H and O–H groups in total. The number of hydrogen-bond acceptors (Lipinski definition) is 4. The van der Waals surface area contributed by atoms with Crippen molar-refractivity contribution in [1.29, 1.82) is 0 Å². The summed E-state index contributed by atoms with van der Waals surface area (Å²) in [7, 11) is 0. The van der Waals surface area contributed by atoms with Crippen molar-refractivity contribution in [2.45, 2.75) is 12.8 Å². The van der Waals surface area contributed by atoms with Gasteiger partial charge in [0.2, 0.25) is 11.9 Å². The van der Waals surface area contributed by atoms with Gasteiger partial charge < -0.3 is 10.2 Å². The van der Waals surface area contributed by atoms with Gasteiger partial charge in [-0.1, -0.05) is 12.0 Å². The summed E-state index contributed by atoms with van der Waals surface area (Å²) < 4.78 is 0. The smallest absolute Gasteiger partial charge is 0.229 e. The largest absolute Gasteiger partial charge is 0.340 e. The maximum Gasteiger partial charge on any atom is 0.229 e. The lowest BCUT2D eigenvalue weighted by atomic mass is 9.97. The van der Waals surface area contributed by atoms with Gasteiger partial charge in [-0.3, -0.25) is 4.79 Å². The van der Waals surface area contributed by atoms with Gasteiger partial charge in [0, 0.05) is 36.7 Å². The van der Waals surface area contributed by atoms with Crippen molar-refractivity contribution in [2.24, 2.45) is 5.92 Å². The Kier molecular flexibility index (Phi) is 4.53. The SMILES string of the molecule is C#Cc1cccc(NC(=O)C2CCCN(c3ncccn3)C2)c1. The van der Waals surface area contributed by atoms with Crippen LogP contribution in [0.4, 0.5) is 11.6 Å². The fourth-order valence-electron chi connectivity index (χ4n) is 2.76. The number of rotatable bonds is 3. The van der Waals surface area contributed by atoms with E-state index >= 15 is 0 Å². The maximum atomic E-state index is 12.5. The van der Waals surface area contributed by atoms with Crippen LogP contribution in [0, 0.1) is 18.3 Å². The summed E-state index contributed by atoms with van der Waals surface area (Å²) in [5.41, 5.74) is 1.49. The summed E-state index contributed by atoms with van der Waals surface area (Å²) in [4.78, 5) is 23.1. The molecule has 1 unspecified atom stereocenters. The highest BCUT2D eigenvalue weighted by Crippen LogP contribution is 2.21. The summed E-state index contributed by atoms with van der Waals surface area (Å²) in [6.45, 7) is 1.51. The first kappa shape index (κ1) is 15.0. The monoisotopic (exact) mass is 306 g/mol. The van der Waals surface area contributed by atoms with Crippen LogP contribution >= 0.6 is 0 Å². The minimum Gasteiger partial charge on any atom is -0.340 e. The van der Waals surface area contributed by atoms with E-state index in [2.05, 4.69) is 26.1 Å². The molecule has 1 aliphatic heterocycles. The number of nitrogens with zero attached hydrogens (tertiary/aromatic N) is 3. The zero-order valence-electron chi connectivity index (χ0n) is 12.8. The molecule has 116 valence electrons. The Hall–Kier alpha value is -2.87. The molecule has 1 aliphatic rings. The number of carbonyl (C=O) groups excluding carboxylic acids is 1. The second-order valence-corrected chi connectivity index (χ2v) is 5.55. The Morgan fingerprint density at radius 3 is 2.91 bits per heavy atom.